The molecule has 0 radical (unpaired) electrons. The van der Waals surface area contributed by atoms with Crippen LogP contribution in [-0.2, 0) is 4.79 Å². The quantitative estimate of drug-likeness (QED) is 0.837. The largest absolute Gasteiger partial charge is 0.484 e. The second-order valence-electron chi connectivity index (χ2n) is 5.60. The molecule has 2 rings (SSSR count). The van der Waals surface area contributed by atoms with Crippen LogP contribution >= 0.6 is 0 Å². The molecule has 104 valence electrons. The first-order valence-corrected chi connectivity index (χ1v) is 7.04. The highest BCUT2D eigenvalue weighted by Crippen LogP contribution is 2.18. The molecule has 0 aliphatic carbocycles. The summed E-state index contributed by atoms with van der Waals surface area (Å²) in [6.45, 7) is 8.26. The SMILES string of the molecule is Cc1ccc(OCC(=O)N2CCC(C)CC2)cc1C. The molecule has 1 aromatic rings. The number of hydrogen-bond acceptors (Lipinski definition) is 2. The van der Waals surface area contributed by atoms with Crippen LogP contribution in [0, 0.1) is 19.8 Å². The summed E-state index contributed by atoms with van der Waals surface area (Å²) in [4.78, 5) is 13.9. The third-order valence-electron chi connectivity index (χ3n) is 3.98. The topological polar surface area (TPSA) is 29.5 Å². The van der Waals surface area contributed by atoms with E-state index >= 15 is 0 Å². The van der Waals surface area contributed by atoms with Gasteiger partial charge in [-0.2, -0.15) is 0 Å². The van der Waals surface area contributed by atoms with Gasteiger partial charge in [0.2, 0.25) is 0 Å². The van der Waals surface area contributed by atoms with Gasteiger partial charge < -0.3 is 9.64 Å². The van der Waals surface area contributed by atoms with Crippen molar-refractivity contribution in [2.24, 2.45) is 5.92 Å². The van der Waals surface area contributed by atoms with Crippen molar-refractivity contribution in [3.8, 4) is 5.75 Å². The molecule has 0 unspecified atom stereocenters. The maximum atomic E-state index is 12.0. The van der Waals surface area contributed by atoms with E-state index in [1.54, 1.807) is 0 Å². The molecule has 0 aromatic heterocycles. The second-order valence-corrected chi connectivity index (χ2v) is 5.60. The highest BCUT2D eigenvalue weighted by atomic mass is 16.5. The molecule has 0 atom stereocenters. The Labute approximate surface area is 115 Å². The zero-order chi connectivity index (χ0) is 13.8. The average Bonchev–Trinajstić information content (AvgIpc) is 2.40. The lowest BCUT2D eigenvalue weighted by Gasteiger charge is -2.30. The maximum absolute atomic E-state index is 12.0. The summed E-state index contributed by atoms with van der Waals surface area (Å²) in [6, 6.07) is 5.94. The van der Waals surface area contributed by atoms with Crippen molar-refractivity contribution in [2.75, 3.05) is 19.7 Å². The molecule has 1 aromatic carbocycles. The molecule has 0 N–H and O–H groups in total. The van der Waals surface area contributed by atoms with Crippen molar-refractivity contribution >= 4 is 5.91 Å². The number of hydrogen-bond donors (Lipinski definition) is 0. The molecule has 0 spiro atoms. The molecule has 1 amide bonds. The van der Waals surface area contributed by atoms with Crippen molar-refractivity contribution in [3.63, 3.8) is 0 Å². The number of carbonyl (C=O) groups excluding carboxylic acids is 1. The van der Waals surface area contributed by atoms with Gasteiger partial charge in [-0.05, 0) is 55.9 Å². The van der Waals surface area contributed by atoms with Gasteiger partial charge in [0.15, 0.2) is 6.61 Å². The molecule has 1 fully saturated rings. The van der Waals surface area contributed by atoms with Gasteiger partial charge in [-0.15, -0.1) is 0 Å². The summed E-state index contributed by atoms with van der Waals surface area (Å²) < 4.78 is 5.59. The van der Waals surface area contributed by atoms with Gasteiger partial charge >= 0.3 is 0 Å². The Morgan fingerprint density at radius 1 is 1.26 bits per heavy atom. The summed E-state index contributed by atoms with van der Waals surface area (Å²) in [7, 11) is 0. The number of nitrogens with zero attached hydrogens (tertiary/aromatic N) is 1. The van der Waals surface area contributed by atoms with E-state index in [9.17, 15) is 4.79 Å². The summed E-state index contributed by atoms with van der Waals surface area (Å²) in [6.07, 6.45) is 2.21. The summed E-state index contributed by atoms with van der Waals surface area (Å²) in [5.41, 5.74) is 2.43. The van der Waals surface area contributed by atoms with Gasteiger partial charge in [0.05, 0.1) is 0 Å². The number of ether oxygens (including phenoxy) is 1. The zero-order valence-electron chi connectivity index (χ0n) is 12.1. The Bertz CT molecular complexity index is 448. The molecule has 1 aliphatic rings. The van der Waals surface area contributed by atoms with Crippen LogP contribution in [0.3, 0.4) is 0 Å². The molecule has 0 bridgehead atoms. The second kappa shape index (κ2) is 6.09. The van der Waals surface area contributed by atoms with Crippen molar-refractivity contribution in [3.05, 3.63) is 29.3 Å². The lowest BCUT2D eigenvalue weighted by molar-refractivity contribution is -0.134. The minimum Gasteiger partial charge on any atom is -0.484 e. The Kier molecular flexibility index (Phi) is 4.46. The fraction of sp³-hybridized carbons (Fsp3) is 0.562. The first-order chi connectivity index (χ1) is 9.06. The van der Waals surface area contributed by atoms with Crippen LogP contribution in [0.5, 0.6) is 5.75 Å². The molecule has 3 nitrogen and oxygen atoms in total. The number of carbonyl (C=O) groups is 1. The highest BCUT2D eigenvalue weighted by Gasteiger charge is 2.20. The van der Waals surface area contributed by atoms with E-state index in [2.05, 4.69) is 20.8 Å². The molecule has 3 heteroatoms. The van der Waals surface area contributed by atoms with E-state index in [1.165, 1.54) is 11.1 Å². The molecule has 0 saturated carbocycles. The molecular formula is C16H23NO2. The minimum atomic E-state index is 0.102. The van der Waals surface area contributed by atoms with Gasteiger partial charge in [0.25, 0.3) is 5.91 Å². The molecule has 19 heavy (non-hydrogen) atoms. The smallest absolute Gasteiger partial charge is 0.260 e. The van der Waals surface area contributed by atoms with E-state index in [0.29, 0.717) is 0 Å². The lowest BCUT2D eigenvalue weighted by Crippen LogP contribution is -2.40. The average molecular weight is 261 g/mol. The standard InChI is InChI=1S/C16H23NO2/c1-12-6-8-17(9-7-12)16(18)11-19-15-5-4-13(2)14(3)10-15/h4-5,10,12H,6-9,11H2,1-3H3. The number of likely N-dealkylation sites (tertiary alicyclic amines) is 1. The van der Waals surface area contributed by atoms with Crippen LogP contribution < -0.4 is 4.74 Å². The number of rotatable bonds is 3. The van der Waals surface area contributed by atoms with Crippen molar-refractivity contribution in [2.45, 2.75) is 33.6 Å². The Hall–Kier alpha value is -1.51. The number of amides is 1. The fourth-order valence-corrected chi connectivity index (χ4v) is 2.30. The van der Waals surface area contributed by atoms with Gasteiger partial charge in [-0.3, -0.25) is 4.79 Å². The van der Waals surface area contributed by atoms with Crippen molar-refractivity contribution < 1.29 is 9.53 Å². The predicted octanol–water partition coefficient (Wildman–Crippen LogP) is 2.94. The number of benzene rings is 1. The van der Waals surface area contributed by atoms with Gasteiger partial charge in [-0.1, -0.05) is 13.0 Å². The first kappa shape index (κ1) is 13.9. The first-order valence-electron chi connectivity index (χ1n) is 7.04. The van der Waals surface area contributed by atoms with Gasteiger partial charge in [0.1, 0.15) is 5.75 Å². The molecule has 1 heterocycles. The summed E-state index contributed by atoms with van der Waals surface area (Å²) >= 11 is 0. The number of aryl methyl sites for hydroxylation is 2. The normalized spacial score (nSPS) is 16.5. The highest BCUT2D eigenvalue weighted by molar-refractivity contribution is 5.77. The fourth-order valence-electron chi connectivity index (χ4n) is 2.30. The Balaban J connectivity index is 1.84. The summed E-state index contributed by atoms with van der Waals surface area (Å²) in [5.74, 6) is 1.62. The van der Waals surface area contributed by atoms with Gasteiger partial charge in [0, 0.05) is 13.1 Å². The van der Waals surface area contributed by atoms with Crippen molar-refractivity contribution in [1.29, 1.82) is 0 Å². The maximum Gasteiger partial charge on any atom is 0.260 e. The van der Waals surface area contributed by atoms with Crippen LogP contribution in [0.1, 0.15) is 30.9 Å². The lowest BCUT2D eigenvalue weighted by atomic mass is 9.99. The third-order valence-corrected chi connectivity index (χ3v) is 3.98. The van der Waals surface area contributed by atoms with E-state index in [4.69, 9.17) is 4.74 Å². The number of piperidine rings is 1. The van der Waals surface area contributed by atoms with Crippen molar-refractivity contribution in [1.82, 2.24) is 4.90 Å². The molecule has 1 aliphatic heterocycles. The predicted molar refractivity (Wildman–Crippen MR) is 76.4 cm³/mol. The minimum absolute atomic E-state index is 0.102. The van der Waals surface area contributed by atoms with Gasteiger partial charge in [-0.25, -0.2) is 0 Å². The van der Waals surface area contributed by atoms with E-state index in [-0.39, 0.29) is 12.5 Å². The third kappa shape index (κ3) is 3.72. The monoisotopic (exact) mass is 261 g/mol. The Morgan fingerprint density at radius 2 is 1.95 bits per heavy atom. The molecular weight excluding hydrogens is 238 g/mol. The van der Waals surface area contributed by atoms with E-state index in [0.717, 1.165) is 37.6 Å². The van der Waals surface area contributed by atoms with Crippen LogP contribution in [0.25, 0.3) is 0 Å². The Morgan fingerprint density at radius 3 is 2.58 bits per heavy atom. The molecule has 1 saturated heterocycles. The van der Waals surface area contributed by atoms with E-state index < -0.39 is 0 Å². The van der Waals surface area contributed by atoms with Crippen LogP contribution in [0.4, 0.5) is 0 Å². The van der Waals surface area contributed by atoms with E-state index in [1.807, 2.05) is 23.1 Å². The van der Waals surface area contributed by atoms with Crippen LogP contribution in [0.15, 0.2) is 18.2 Å². The zero-order valence-corrected chi connectivity index (χ0v) is 12.1. The summed E-state index contributed by atoms with van der Waals surface area (Å²) in [5, 5.41) is 0. The van der Waals surface area contributed by atoms with Crippen LogP contribution in [0.2, 0.25) is 0 Å². The van der Waals surface area contributed by atoms with Crippen LogP contribution in [-0.4, -0.2) is 30.5 Å².